The smallest absolute Gasteiger partial charge is 0.259 e. The molecule has 1 aromatic carbocycles. The van der Waals surface area contributed by atoms with E-state index in [1.54, 1.807) is 42.3 Å². The van der Waals surface area contributed by atoms with E-state index < -0.39 is 0 Å². The molecule has 1 N–H and O–H groups in total. The molecule has 2 aromatic rings. The van der Waals surface area contributed by atoms with Crippen LogP contribution in [0.1, 0.15) is 34.2 Å². The Morgan fingerprint density at radius 2 is 2.07 bits per heavy atom. The predicted octanol–water partition coefficient (Wildman–Crippen LogP) is 2.65. The molecular weight excluding hydrogens is 368 g/mol. The number of nitrogens with one attached hydrogen (secondary N) is 1. The summed E-state index contributed by atoms with van der Waals surface area (Å²) in [6, 6.07) is 6.88. The first kappa shape index (κ1) is 19.3. The van der Waals surface area contributed by atoms with Gasteiger partial charge in [0, 0.05) is 43.0 Å². The minimum atomic E-state index is -0.273. The van der Waals surface area contributed by atoms with Crippen molar-refractivity contribution < 1.29 is 14.3 Å². The highest BCUT2D eigenvalue weighted by molar-refractivity contribution is 6.30. The molecule has 0 bridgehead atoms. The minimum Gasteiger partial charge on any atom is -0.375 e. The molecule has 7 nitrogen and oxygen atoms in total. The number of hydrogen-bond acceptors (Lipinski definition) is 5. The molecule has 3 rings (SSSR count). The van der Waals surface area contributed by atoms with Gasteiger partial charge in [-0.05, 0) is 37.6 Å². The average Bonchev–Trinajstić information content (AvgIpc) is 3.14. The van der Waals surface area contributed by atoms with Gasteiger partial charge in [-0.2, -0.15) is 0 Å². The number of carbonyl (C=O) groups excluding carboxylic acids is 2. The summed E-state index contributed by atoms with van der Waals surface area (Å²) in [6.45, 7) is 3.09. The van der Waals surface area contributed by atoms with Gasteiger partial charge in [-0.1, -0.05) is 11.6 Å². The summed E-state index contributed by atoms with van der Waals surface area (Å²) in [6.07, 6.45) is 2.34. The Morgan fingerprint density at radius 1 is 1.33 bits per heavy atom. The first-order chi connectivity index (χ1) is 13.0. The lowest BCUT2D eigenvalue weighted by Crippen LogP contribution is -2.31. The number of hydrogen-bond donors (Lipinski definition) is 1. The lowest BCUT2D eigenvalue weighted by Gasteiger charge is -2.16. The Morgan fingerprint density at radius 3 is 2.74 bits per heavy atom. The topological polar surface area (TPSA) is 84.4 Å². The molecule has 0 spiro atoms. The number of amides is 2. The van der Waals surface area contributed by atoms with Crippen LogP contribution in [0.3, 0.4) is 0 Å². The van der Waals surface area contributed by atoms with Crippen molar-refractivity contribution in [2.24, 2.45) is 0 Å². The second-order valence-corrected chi connectivity index (χ2v) is 6.88. The van der Waals surface area contributed by atoms with E-state index >= 15 is 0 Å². The van der Waals surface area contributed by atoms with Gasteiger partial charge >= 0.3 is 0 Å². The molecule has 27 heavy (non-hydrogen) atoms. The van der Waals surface area contributed by atoms with Crippen molar-refractivity contribution in [2.75, 3.05) is 32.1 Å². The third-order valence-electron chi connectivity index (χ3n) is 4.52. The summed E-state index contributed by atoms with van der Waals surface area (Å²) in [5.74, 6) is 0.418. The van der Waals surface area contributed by atoms with Crippen molar-refractivity contribution in [1.29, 1.82) is 0 Å². The number of likely N-dealkylation sites (tertiary alicyclic amines) is 1. The van der Waals surface area contributed by atoms with E-state index in [1.807, 2.05) is 0 Å². The first-order valence-electron chi connectivity index (χ1n) is 8.65. The number of anilines is 1. The SMILES string of the molecule is COCC(=O)N1CC[C@@H](c2ncc(C(=O)Nc3ccc(Cl)cc3)c(C)n2)C1. The highest BCUT2D eigenvalue weighted by Gasteiger charge is 2.29. The van der Waals surface area contributed by atoms with Crippen molar-refractivity contribution >= 4 is 29.1 Å². The van der Waals surface area contributed by atoms with Crippen LogP contribution in [-0.4, -0.2) is 53.5 Å². The molecule has 142 valence electrons. The van der Waals surface area contributed by atoms with Gasteiger partial charge in [-0.15, -0.1) is 0 Å². The largest absolute Gasteiger partial charge is 0.375 e. The monoisotopic (exact) mass is 388 g/mol. The van der Waals surface area contributed by atoms with Gasteiger partial charge in [0.1, 0.15) is 12.4 Å². The molecule has 1 atom stereocenters. The van der Waals surface area contributed by atoms with E-state index in [0.717, 1.165) is 6.42 Å². The number of halogens is 1. The van der Waals surface area contributed by atoms with Gasteiger partial charge < -0.3 is 15.0 Å². The van der Waals surface area contributed by atoms with Crippen LogP contribution in [-0.2, 0) is 9.53 Å². The standard InChI is InChI=1S/C19H21ClN4O3/c1-12-16(19(26)23-15-5-3-14(20)4-6-15)9-21-18(22-12)13-7-8-24(10-13)17(25)11-27-2/h3-6,9,13H,7-8,10-11H2,1-2H3,(H,23,26)/t13-/m1/s1. The Hall–Kier alpha value is -2.51. The molecule has 0 radical (unpaired) electrons. The predicted molar refractivity (Wildman–Crippen MR) is 102 cm³/mol. The van der Waals surface area contributed by atoms with Crippen molar-refractivity contribution in [1.82, 2.24) is 14.9 Å². The number of benzene rings is 1. The van der Waals surface area contributed by atoms with Crippen molar-refractivity contribution in [3.05, 3.63) is 52.6 Å². The molecule has 2 heterocycles. The van der Waals surface area contributed by atoms with Crippen LogP contribution in [0, 0.1) is 6.92 Å². The van der Waals surface area contributed by atoms with Gasteiger partial charge in [-0.3, -0.25) is 9.59 Å². The molecule has 1 aliphatic rings. The summed E-state index contributed by atoms with van der Waals surface area (Å²) in [5.41, 5.74) is 1.67. The zero-order valence-electron chi connectivity index (χ0n) is 15.2. The van der Waals surface area contributed by atoms with Gasteiger partial charge in [0.25, 0.3) is 5.91 Å². The number of aromatic nitrogens is 2. The Kier molecular flexibility index (Phi) is 6.03. The van der Waals surface area contributed by atoms with Gasteiger partial charge in [0.2, 0.25) is 5.91 Å². The number of ether oxygens (including phenoxy) is 1. The van der Waals surface area contributed by atoms with Crippen LogP contribution in [0.25, 0.3) is 0 Å². The highest BCUT2D eigenvalue weighted by Crippen LogP contribution is 2.25. The first-order valence-corrected chi connectivity index (χ1v) is 9.03. The second kappa shape index (κ2) is 8.45. The van der Waals surface area contributed by atoms with E-state index in [9.17, 15) is 9.59 Å². The van der Waals surface area contributed by atoms with E-state index in [0.29, 0.717) is 40.9 Å². The maximum absolute atomic E-state index is 12.5. The molecule has 1 aromatic heterocycles. The summed E-state index contributed by atoms with van der Waals surface area (Å²) in [7, 11) is 1.51. The summed E-state index contributed by atoms with van der Waals surface area (Å²) < 4.78 is 4.90. The lowest BCUT2D eigenvalue weighted by atomic mass is 10.1. The lowest BCUT2D eigenvalue weighted by molar-refractivity contribution is -0.134. The van der Waals surface area contributed by atoms with E-state index in [-0.39, 0.29) is 24.3 Å². The zero-order valence-corrected chi connectivity index (χ0v) is 16.0. The second-order valence-electron chi connectivity index (χ2n) is 6.45. The molecule has 0 unspecified atom stereocenters. The van der Waals surface area contributed by atoms with Gasteiger partial charge in [-0.25, -0.2) is 9.97 Å². The average molecular weight is 389 g/mol. The molecule has 8 heteroatoms. The fourth-order valence-electron chi connectivity index (χ4n) is 3.05. The molecule has 1 saturated heterocycles. The van der Waals surface area contributed by atoms with Gasteiger partial charge in [0.15, 0.2) is 0 Å². The number of rotatable bonds is 5. The Bertz CT molecular complexity index is 841. The third kappa shape index (κ3) is 4.61. The Balaban J connectivity index is 1.68. The van der Waals surface area contributed by atoms with Crippen LogP contribution >= 0.6 is 11.6 Å². The third-order valence-corrected chi connectivity index (χ3v) is 4.77. The van der Waals surface area contributed by atoms with Crippen LogP contribution in [0.4, 0.5) is 5.69 Å². The maximum atomic E-state index is 12.5. The number of carbonyl (C=O) groups is 2. The summed E-state index contributed by atoms with van der Waals surface area (Å²) in [5, 5.41) is 3.41. The number of aryl methyl sites for hydroxylation is 1. The molecule has 2 amide bonds. The molecule has 1 aliphatic heterocycles. The summed E-state index contributed by atoms with van der Waals surface area (Å²) >= 11 is 5.85. The van der Waals surface area contributed by atoms with Crippen molar-refractivity contribution in [3.8, 4) is 0 Å². The van der Waals surface area contributed by atoms with Crippen molar-refractivity contribution in [3.63, 3.8) is 0 Å². The quantitative estimate of drug-likeness (QED) is 0.851. The fraction of sp³-hybridized carbons (Fsp3) is 0.368. The van der Waals surface area contributed by atoms with Crippen LogP contribution in [0.5, 0.6) is 0 Å². The summed E-state index contributed by atoms with van der Waals surface area (Å²) in [4.78, 5) is 35.0. The Labute approximate surface area is 162 Å². The van der Waals surface area contributed by atoms with E-state index in [4.69, 9.17) is 16.3 Å². The zero-order chi connectivity index (χ0) is 19.4. The normalized spacial score (nSPS) is 16.4. The number of nitrogens with zero attached hydrogens (tertiary/aromatic N) is 3. The molecule has 1 fully saturated rings. The molecular formula is C19H21ClN4O3. The molecule has 0 aliphatic carbocycles. The van der Waals surface area contributed by atoms with Crippen LogP contribution < -0.4 is 5.32 Å². The van der Waals surface area contributed by atoms with Gasteiger partial charge in [0.05, 0.1) is 11.3 Å². The van der Waals surface area contributed by atoms with Crippen LogP contribution in [0.15, 0.2) is 30.5 Å². The van der Waals surface area contributed by atoms with E-state index in [2.05, 4.69) is 15.3 Å². The van der Waals surface area contributed by atoms with E-state index in [1.165, 1.54) is 7.11 Å². The minimum absolute atomic E-state index is 0.0318. The van der Waals surface area contributed by atoms with Crippen LogP contribution in [0.2, 0.25) is 5.02 Å². The maximum Gasteiger partial charge on any atom is 0.259 e. The molecule has 0 saturated carbocycles. The fourth-order valence-corrected chi connectivity index (χ4v) is 3.17. The van der Waals surface area contributed by atoms with Crippen molar-refractivity contribution in [2.45, 2.75) is 19.3 Å². The number of methoxy groups -OCH3 is 1. The highest BCUT2D eigenvalue weighted by atomic mass is 35.5.